The molecule has 0 heterocycles. The molecule has 0 saturated heterocycles. The highest BCUT2D eigenvalue weighted by molar-refractivity contribution is 5.23. The zero-order valence-corrected chi connectivity index (χ0v) is 10.0. The highest BCUT2D eigenvalue weighted by Gasteiger charge is 2.08. The Morgan fingerprint density at radius 3 is 2.47 bits per heavy atom. The molecule has 0 spiro atoms. The van der Waals surface area contributed by atoms with E-state index in [9.17, 15) is 4.39 Å². The minimum absolute atomic E-state index is 0.120. The SMILES string of the molecule is Cc1ccc(CNCC(C)(C)C)cc1F. The maximum Gasteiger partial charge on any atom is 0.126 e. The van der Waals surface area contributed by atoms with Crippen molar-refractivity contribution in [1.82, 2.24) is 5.32 Å². The van der Waals surface area contributed by atoms with Gasteiger partial charge in [-0.25, -0.2) is 4.39 Å². The Morgan fingerprint density at radius 2 is 1.93 bits per heavy atom. The third-order valence-corrected chi connectivity index (χ3v) is 2.22. The maximum absolute atomic E-state index is 13.2. The van der Waals surface area contributed by atoms with Crippen LogP contribution >= 0.6 is 0 Å². The average Bonchev–Trinajstić information content (AvgIpc) is 2.09. The molecule has 0 radical (unpaired) electrons. The lowest BCUT2D eigenvalue weighted by molar-refractivity contribution is 0.379. The minimum atomic E-state index is -0.120. The summed E-state index contributed by atoms with van der Waals surface area (Å²) in [7, 11) is 0. The molecule has 1 nitrogen and oxygen atoms in total. The normalized spacial score (nSPS) is 11.8. The van der Waals surface area contributed by atoms with E-state index in [1.54, 1.807) is 13.0 Å². The fourth-order valence-electron chi connectivity index (χ4n) is 1.33. The van der Waals surface area contributed by atoms with Crippen LogP contribution in [0.25, 0.3) is 0 Å². The van der Waals surface area contributed by atoms with Crippen LogP contribution in [0.2, 0.25) is 0 Å². The molecule has 0 amide bonds. The van der Waals surface area contributed by atoms with E-state index in [-0.39, 0.29) is 11.2 Å². The van der Waals surface area contributed by atoms with Crippen LogP contribution in [0.3, 0.4) is 0 Å². The van der Waals surface area contributed by atoms with E-state index in [1.165, 1.54) is 0 Å². The fourth-order valence-corrected chi connectivity index (χ4v) is 1.33. The first-order chi connectivity index (χ1) is 6.88. The quantitative estimate of drug-likeness (QED) is 0.805. The van der Waals surface area contributed by atoms with Gasteiger partial charge in [-0.05, 0) is 29.5 Å². The topological polar surface area (TPSA) is 12.0 Å². The molecular weight excluding hydrogens is 189 g/mol. The largest absolute Gasteiger partial charge is 0.312 e. The molecule has 0 aromatic heterocycles. The summed E-state index contributed by atoms with van der Waals surface area (Å²) in [6, 6.07) is 5.39. The molecule has 0 saturated carbocycles. The van der Waals surface area contributed by atoms with E-state index in [2.05, 4.69) is 26.1 Å². The van der Waals surface area contributed by atoms with Crippen LogP contribution in [0.5, 0.6) is 0 Å². The van der Waals surface area contributed by atoms with Gasteiger partial charge in [0.05, 0.1) is 0 Å². The fraction of sp³-hybridized carbons (Fsp3) is 0.538. The lowest BCUT2D eigenvalue weighted by atomic mass is 9.97. The van der Waals surface area contributed by atoms with Crippen molar-refractivity contribution in [1.29, 1.82) is 0 Å². The molecule has 1 rings (SSSR count). The zero-order chi connectivity index (χ0) is 11.5. The highest BCUT2D eigenvalue weighted by atomic mass is 19.1. The second-order valence-electron chi connectivity index (χ2n) is 5.25. The summed E-state index contributed by atoms with van der Waals surface area (Å²) in [6.45, 7) is 9.97. The van der Waals surface area contributed by atoms with Crippen LogP contribution < -0.4 is 5.32 Å². The number of aryl methyl sites for hydroxylation is 1. The van der Waals surface area contributed by atoms with Gasteiger partial charge in [0.15, 0.2) is 0 Å². The summed E-state index contributed by atoms with van der Waals surface area (Å²) >= 11 is 0. The number of hydrogen-bond acceptors (Lipinski definition) is 1. The predicted octanol–water partition coefficient (Wildman–Crippen LogP) is 3.27. The molecule has 0 aliphatic rings. The number of benzene rings is 1. The molecule has 84 valence electrons. The van der Waals surface area contributed by atoms with Gasteiger partial charge in [0, 0.05) is 13.1 Å². The van der Waals surface area contributed by atoms with Crippen molar-refractivity contribution in [3.05, 3.63) is 35.1 Å². The molecule has 0 atom stereocenters. The number of halogens is 1. The van der Waals surface area contributed by atoms with Gasteiger partial charge in [-0.15, -0.1) is 0 Å². The second-order valence-corrected chi connectivity index (χ2v) is 5.25. The van der Waals surface area contributed by atoms with Gasteiger partial charge in [-0.3, -0.25) is 0 Å². The third kappa shape index (κ3) is 4.43. The third-order valence-electron chi connectivity index (χ3n) is 2.22. The van der Waals surface area contributed by atoms with E-state index in [0.717, 1.165) is 18.7 Å². The van der Waals surface area contributed by atoms with Crippen molar-refractivity contribution in [2.45, 2.75) is 34.2 Å². The molecule has 0 aliphatic carbocycles. The number of nitrogens with one attached hydrogen (secondary N) is 1. The van der Waals surface area contributed by atoms with Gasteiger partial charge in [0.2, 0.25) is 0 Å². The molecule has 2 heteroatoms. The van der Waals surface area contributed by atoms with Crippen LogP contribution in [0.1, 0.15) is 31.9 Å². The Balaban J connectivity index is 2.48. The Hall–Kier alpha value is -0.890. The molecular formula is C13H20FN. The first-order valence-corrected chi connectivity index (χ1v) is 5.34. The average molecular weight is 209 g/mol. The predicted molar refractivity (Wildman–Crippen MR) is 62.3 cm³/mol. The van der Waals surface area contributed by atoms with Crippen molar-refractivity contribution < 1.29 is 4.39 Å². The Morgan fingerprint density at radius 1 is 1.27 bits per heavy atom. The summed E-state index contributed by atoms with van der Waals surface area (Å²) in [5.41, 5.74) is 1.97. The zero-order valence-electron chi connectivity index (χ0n) is 10.0. The molecule has 15 heavy (non-hydrogen) atoms. The van der Waals surface area contributed by atoms with Gasteiger partial charge in [-0.1, -0.05) is 32.9 Å². The van der Waals surface area contributed by atoms with Crippen LogP contribution in [0, 0.1) is 18.2 Å². The first kappa shape index (κ1) is 12.2. The summed E-state index contributed by atoms with van der Waals surface area (Å²) < 4.78 is 13.2. The molecule has 0 fully saturated rings. The van der Waals surface area contributed by atoms with Gasteiger partial charge < -0.3 is 5.32 Å². The second kappa shape index (κ2) is 4.75. The van der Waals surface area contributed by atoms with Gasteiger partial charge >= 0.3 is 0 Å². The molecule has 0 aliphatic heterocycles. The van der Waals surface area contributed by atoms with Crippen molar-refractivity contribution >= 4 is 0 Å². The van der Waals surface area contributed by atoms with Crippen LogP contribution in [0.4, 0.5) is 4.39 Å². The number of hydrogen-bond donors (Lipinski definition) is 1. The van der Waals surface area contributed by atoms with E-state index in [4.69, 9.17) is 0 Å². The Bertz CT molecular complexity index is 326. The van der Waals surface area contributed by atoms with Crippen molar-refractivity contribution in [3.63, 3.8) is 0 Å². The van der Waals surface area contributed by atoms with Gasteiger partial charge in [-0.2, -0.15) is 0 Å². The highest BCUT2D eigenvalue weighted by Crippen LogP contribution is 2.12. The lowest BCUT2D eigenvalue weighted by Gasteiger charge is -2.18. The van der Waals surface area contributed by atoms with Crippen molar-refractivity contribution in [2.75, 3.05) is 6.54 Å². The van der Waals surface area contributed by atoms with Crippen LogP contribution in [-0.2, 0) is 6.54 Å². The summed E-state index contributed by atoms with van der Waals surface area (Å²) in [4.78, 5) is 0. The van der Waals surface area contributed by atoms with Crippen LogP contribution in [-0.4, -0.2) is 6.54 Å². The Kier molecular flexibility index (Phi) is 3.86. The van der Waals surface area contributed by atoms with Gasteiger partial charge in [0.25, 0.3) is 0 Å². The summed E-state index contributed by atoms with van der Waals surface area (Å²) in [5, 5.41) is 3.32. The lowest BCUT2D eigenvalue weighted by Crippen LogP contribution is -2.26. The monoisotopic (exact) mass is 209 g/mol. The minimum Gasteiger partial charge on any atom is -0.312 e. The molecule has 1 aromatic carbocycles. The van der Waals surface area contributed by atoms with E-state index >= 15 is 0 Å². The van der Waals surface area contributed by atoms with Gasteiger partial charge in [0.1, 0.15) is 5.82 Å². The van der Waals surface area contributed by atoms with E-state index in [1.807, 2.05) is 12.1 Å². The smallest absolute Gasteiger partial charge is 0.126 e. The van der Waals surface area contributed by atoms with Crippen LogP contribution in [0.15, 0.2) is 18.2 Å². The molecule has 1 aromatic rings. The number of rotatable bonds is 3. The van der Waals surface area contributed by atoms with E-state index < -0.39 is 0 Å². The standard InChI is InChI=1S/C13H20FN/c1-10-5-6-11(7-12(10)14)8-15-9-13(2,3)4/h5-7,15H,8-9H2,1-4H3. The maximum atomic E-state index is 13.2. The summed E-state index contributed by atoms with van der Waals surface area (Å²) in [6.07, 6.45) is 0. The van der Waals surface area contributed by atoms with Crippen molar-refractivity contribution in [2.24, 2.45) is 5.41 Å². The molecule has 0 unspecified atom stereocenters. The Labute approximate surface area is 91.7 Å². The summed E-state index contributed by atoms with van der Waals surface area (Å²) in [5.74, 6) is -0.120. The molecule has 1 N–H and O–H groups in total. The van der Waals surface area contributed by atoms with E-state index in [0.29, 0.717) is 5.56 Å². The molecule has 0 bridgehead atoms. The first-order valence-electron chi connectivity index (χ1n) is 5.34. The van der Waals surface area contributed by atoms with Crippen molar-refractivity contribution in [3.8, 4) is 0 Å².